The van der Waals surface area contributed by atoms with Gasteiger partial charge in [-0.3, -0.25) is 0 Å². The van der Waals surface area contributed by atoms with E-state index in [9.17, 15) is 12.8 Å². The van der Waals surface area contributed by atoms with Crippen molar-refractivity contribution in [1.29, 1.82) is 0 Å². The van der Waals surface area contributed by atoms with Gasteiger partial charge < -0.3 is 10.5 Å². The van der Waals surface area contributed by atoms with Gasteiger partial charge in [0.05, 0.1) is 17.8 Å². The van der Waals surface area contributed by atoms with Crippen LogP contribution in [0.1, 0.15) is 11.1 Å². The molecule has 0 atom stereocenters. The SMILES string of the molecule is COc1cc(CS(=O)(=O)c2cccc(F)c2)ccc1CN. The lowest BCUT2D eigenvalue weighted by molar-refractivity contribution is 0.409. The molecular weight excluding hydrogens is 293 g/mol. The highest BCUT2D eigenvalue weighted by Gasteiger charge is 2.17. The zero-order valence-corrected chi connectivity index (χ0v) is 12.4. The lowest BCUT2D eigenvalue weighted by Crippen LogP contribution is -2.06. The maximum absolute atomic E-state index is 13.2. The Bertz CT molecular complexity index is 744. The predicted molar refractivity (Wildman–Crippen MR) is 78.2 cm³/mol. The van der Waals surface area contributed by atoms with Gasteiger partial charge in [-0.15, -0.1) is 0 Å². The Kier molecular flexibility index (Phi) is 4.59. The third-order valence-electron chi connectivity index (χ3n) is 3.08. The van der Waals surface area contributed by atoms with Gasteiger partial charge in [0.25, 0.3) is 0 Å². The predicted octanol–water partition coefficient (Wildman–Crippen LogP) is 2.27. The Morgan fingerprint density at radius 2 is 1.95 bits per heavy atom. The van der Waals surface area contributed by atoms with Gasteiger partial charge in [0.1, 0.15) is 11.6 Å². The number of hydrogen-bond donors (Lipinski definition) is 1. The second-order valence-corrected chi connectivity index (χ2v) is 6.56. The lowest BCUT2D eigenvalue weighted by atomic mass is 10.1. The molecule has 21 heavy (non-hydrogen) atoms. The van der Waals surface area contributed by atoms with Crippen LogP contribution in [0.3, 0.4) is 0 Å². The minimum atomic E-state index is -3.61. The van der Waals surface area contributed by atoms with Crippen LogP contribution in [0.5, 0.6) is 5.75 Å². The highest BCUT2D eigenvalue weighted by molar-refractivity contribution is 7.90. The summed E-state index contributed by atoms with van der Waals surface area (Å²) in [6.45, 7) is 0.306. The number of benzene rings is 2. The Labute approximate surface area is 123 Å². The summed E-state index contributed by atoms with van der Waals surface area (Å²) in [5.74, 6) is -0.255. The van der Waals surface area contributed by atoms with Crippen molar-refractivity contribution in [3.63, 3.8) is 0 Å². The number of methoxy groups -OCH3 is 1. The molecule has 2 aromatic carbocycles. The van der Waals surface area contributed by atoms with Crippen molar-refractivity contribution in [2.75, 3.05) is 7.11 Å². The molecule has 0 heterocycles. The first-order valence-electron chi connectivity index (χ1n) is 6.30. The molecule has 0 saturated heterocycles. The average Bonchev–Trinajstić information content (AvgIpc) is 2.46. The second-order valence-electron chi connectivity index (χ2n) is 4.57. The summed E-state index contributed by atoms with van der Waals surface area (Å²) in [6, 6.07) is 10.0. The largest absolute Gasteiger partial charge is 0.496 e. The van der Waals surface area contributed by atoms with Gasteiger partial charge in [-0.25, -0.2) is 12.8 Å². The van der Waals surface area contributed by atoms with Gasteiger partial charge in [-0.1, -0.05) is 18.2 Å². The fourth-order valence-electron chi connectivity index (χ4n) is 2.01. The molecule has 0 aliphatic heterocycles. The fraction of sp³-hybridized carbons (Fsp3) is 0.200. The molecule has 0 amide bonds. The van der Waals surface area contributed by atoms with Crippen LogP contribution >= 0.6 is 0 Å². The van der Waals surface area contributed by atoms with E-state index in [1.165, 1.54) is 25.3 Å². The third kappa shape index (κ3) is 3.59. The number of nitrogens with two attached hydrogens (primary N) is 1. The quantitative estimate of drug-likeness (QED) is 0.920. The molecule has 0 aliphatic carbocycles. The average molecular weight is 309 g/mol. The zero-order valence-electron chi connectivity index (χ0n) is 11.5. The molecule has 2 rings (SSSR count). The Hall–Kier alpha value is -1.92. The smallest absolute Gasteiger partial charge is 0.182 e. The molecule has 112 valence electrons. The standard InChI is InChI=1S/C15H16FNO3S/c1-20-15-7-11(5-6-12(15)9-17)10-21(18,19)14-4-2-3-13(16)8-14/h2-8H,9-10,17H2,1H3. The van der Waals surface area contributed by atoms with Gasteiger partial charge in [-0.05, 0) is 29.8 Å². The Morgan fingerprint density at radius 3 is 2.57 bits per heavy atom. The number of sulfone groups is 1. The van der Waals surface area contributed by atoms with Gasteiger partial charge in [-0.2, -0.15) is 0 Å². The van der Waals surface area contributed by atoms with Crippen LogP contribution in [0, 0.1) is 5.82 Å². The molecule has 0 unspecified atom stereocenters. The van der Waals surface area contributed by atoms with E-state index in [4.69, 9.17) is 10.5 Å². The second kappa shape index (κ2) is 6.24. The summed E-state index contributed by atoms with van der Waals surface area (Å²) in [6.07, 6.45) is 0. The summed E-state index contributed by atoms with van der Waals surface area (Å²) in [5, 5.41) is 0. The lowest BCUT2D eigenvalue weighted by Gasteiger charge is -2.10. The molecular formula is C15H16FNO3S. The molecule has 0 saturated carbocycles. The Morgan fingerprint density at radius 1 is 1.19 bits per heavy atom. The van der Waals surface area contributed by atoms with Crippen molar-refractivity contribution in [3.8, 4) is 5.75 Å². The van der Waals surface area contributed by atoms with Crippen LogP contribution in [-0.4, -0.2) is 15.5 Å². The van der Waals surface area contributed by atoms with E-state index in [1.54, 1.807) is 18.2 Å². The van der Waals surface area contributed by atoms with Gasteiger partial charge in [0.2, 0.25) is 0 Å². The van der Waals surface area contributed by atoms with E-state index in [0.29, 0.717) is 17.9 Å². The first-order chi connectivity index (χ1) is 9.96. The molecule has 0 spiro atoms. The molecule has 2 N–H and O–H groups in total. The van der Waals surface area contributed by atoms with Crippen molar-refractivity contribution in [2.24, 2.45) is 5.73 Å². The van der Waals surface area contributed by atoms with Gasteiger partial charge >= 0.3 is 0 Å². The fourth-order valence-corrected chi connectivity index (χ4v) is 3.37. The molecule has 6 heteroatoms. The monoisotopic (exact) mass is 309 g/mol. The van der Waals surface area contributed by atoms with Crippen molar-refractivity contribution >= 4 is 9.84 Å². The minimum Gasteiger partial charge on any atom is -0.496 e. The van der Waals surface area contributed by atoms with Gasteiger partial charge in [0, 0.05) is 12.1 Å². The van der Waals surface area contributed by atoms with E-state index >= 15 is 0 Å². The number of ether oxygens (including phenoxy) is 1. The van der Waals surface area contributed by atoms with Crippen molar-refractivity contribution in [1.82, 2.24) is 0 Å². The van der Waals surface area contributed by atoms with Crippen LogP contribution in [0.4, 0.5) is 4.39 Å². The number of halogens is 1. The van der Waals surface area contributed by atoms with E-state index in [2.05, 4.69) is 0 Å². The number of rotatable bonds is 5. The van der Waals surface area contributed by atoms with Crippen LogP contribution in [0.25, 0.3) is 0 Å². The summed E-state index contributed by atoms with van der Waals surface area (Å²) in [4.78, 5) is -0.0376. The summed E-state index contributed by atoms with van der Waals surface area (Å²) in [5.41, 5.74) is 6.93. The van der Waals surface area contributed by atoms with Crippen LogP contribution < -0.4 is 10.5 Å². The third-order valence-corrected chi connectivity index (χ3v) is 4.77. The normalized spacial score (nSPS) is 11.4. The number of hydrogen-bond acceptors (Lipinski definition) is 4. The van der Waals surface area contributed by atoms with E-state index in [0.717, 1.165) is 11.6 Å². The van der Waals surface area contributed by atoms with E-state index in [-0.39, 0.29) is 10.6 Å². The first kappa shape index (κ1) is 15.5. The summed E-state index contributed by atoms with van der Waals surface area (Å²) < 4.78 is 42.9. The van der Waals surface area contributed by atoms with Crippen molar-refractivity contribution < 1.29 is 17.5 Å². The van der Waals surface area contributed by atoms with Gasteiger partial charge in [0.15, 0.2) is 9.84 Å². The topological polar surface area (TPSA) is 69.4 Å². The van der Waals surface area contributed by atoms with Crippen LogP contribution in [-0.2, 0) is 22.1 Å². The molecule has 4 nitrogen and oxygen atoms in total. The molecule has 2 aromatic rings. The summed E-state index contributed by atoms with van der Waals surface area (Å²) in [7, 11) is -2.11. The first-order valence-corrected chi connectivity index (χ1v) is 7.95. The van der Waals surface area contributed by atoms with Crippen LogP contribution in [0.2, 0.25) is 0 Å². The molecule has 0 aromatic heterocycles. The maximum atomic E-state index is 13.2. The van der Waals surface area contributed by atoms with Crippen LogP contribution in [0.15, 0.2) is 47.4 Å². The van der Waals surface area contributed by atoms with E-state index in [1.807, 2.05) is 0 Å². The highest BCUT2D eigenvalue weighted by atomic mass is 32.2. The molecule has 0 aliphatic rings. The minimum absolute atomic E-state index is 0.0376. The Balaban J connectivity index is 2.33. The molecule has 0 fully saturated rings. The maximum Gasteiger partial charge on any atom is 0.182 e. The van der Waals surface area contributed by atoms with E-state index < -0.39 is 15.7 Å². The molecule has 0 bridgehead atoms. The van der Waals surface area contributed by atoms with Crippen molar-refractivity contribution in [3.05, 3.63) is 59.4 Å². The molecule has 0 radical (unpaired) electrons. The summed E-state index contributed by atoms with van der Waals surface area (Å²) >= 11 is 0. The zero-order chi connectivity index (χ0) is 15.5. The van der Waals surface area contributed by atoms with Crippen molar-refractivity contribution in [2.45, 2.75) is 17.2 Å². The highest BCUT2D eigenvalue weighted by Crippen LogP contribution is 2.23.